The van der Waals surface area contributed by atoms with E-state index in [4.69, 9.17) is 16.3 Å². The van der Waals surface area contributed by atoms with Crippen LogP contribution in [0.4, 0.5) is 0 Å². The summed E-state index contributed by atoms with van der Waals surface area (Å²) in [6.45, 7) is 3.93. The van der Waals surface area contributed by atoms with Gasteiger partial charge in [0.25, 0.3) is 0 Å². The number of rotatable bonds is 3. The van der Waals surface area contributed by atoms with Crippen molar-refractivity contribution in [1.29, 1.82) is 0 Å². The van der Waals surface area contributed by atoms with Crippen LogP contribution < -0.4 is 4.74 Å². The highest BCUT2D eigenvalue weighted by Crippen LogP contribution is 2.28. The number of alkyl halides is 1. The van der Waals surface area contributed by atoms with E-state index in [1.807, 2.05) is 26.0 Å². The molecule has 2 aromatic rings. The highest BCUT2D eigenvalue weighted by atomic mass is 79.9. The van der Waals surface area contributed by atoms with Crippen molar-refractivity contribution in [1.82, 2.24) is 9.97 Å². The maximum absolute atomic E-state index is 5.94. The first kappa shape index (κ1) is 13.3. The van der Waals surface area contributed by atoms with Gasteiger partial charge in [-0.2, -0.15) is 0 Å². The molecule has 0 saturated carbocycles. The van der Waals surface area contributed by atoms with Crippen LogP contribution in [0.25, 0.3) is 0 Å². The summed E-state index contributed by atoms with van der Waals surface area (Å²) in [7, 11) is 0. The fraction of sp³-hybridized carbons (Fsp3) is 0.231. The molecule has 0 atom stereocenters. The first-order valence-corrected chi connectivity index (χ1v) is 6.74. The number of pyridine rings is 2. The summed E-state index contributed by atoms with van der Waals surface area (Å²) in [5.41, 5.74) is 2.89. The van der Waals surface area contributed by atoms with Gasteiger partial charge in [-0.25, -0.2) is 4.98 Å². The van der Waals surface area contributed by atoms with Crippen LogP contribution in [0.3, 0.4) is 0 Å². The van der Waals surface area contributed by atoms with Crippen molar-refractivity contribution in [2.75, 3.05) is 0 Å². The quantitative estimate of drug-likeness (QED) is 0.784. The molecule has 2 rings (SSSR count). The molecule has 0 N–H and O–H groups in total. The van der Waals surface area contributed by atoms with Gasteiger partial charge in [0.1, 0.15) is 5.75 Å². The van der Waals surface area contributed by atoms with E-state index in [0.29, 0.717) is 17.5 Å². The third-order valence-electron chi connectivity index (χ3n) is 2.47. The number of hydrogen-bond acceptors (Lipinski definition) is 3. The van der Waals surface area contributed by atoms with E-state index in [-0.39, 0.29) is 0 Å². The van der Waals surface area contributed by atoms with Gasteiger partial charge in [0.2, 0.25) is 5.88 Å². The zero-order chi connectivity index (χ0) is 13.1. The number of ether oxygens (including phenoxy) is 1. The molecule has 0 aliphatic carbocycles. The van der Waals surface area contributed by atoms with Crippen molar-refractivity contribution in [2.45, 2.75) is 19.7 Å². The Kier molecular flexibility index (Phi) is 4.19. The van der Waals surface area contributed by atoms with E-state index >= 15 is 0 Å². The lowest BCUT2D eigenvalue weighted by atomic mass is 10.1. The zero-order valence-electron chi connectivity index (χ0n) is 10.1. The minimum Gasteiger partial charge on any atom is -0.437 e. The first-order valence-electron chi connectivity index (χ1n) is 5.41. The van der Waals surface area contributed by atoms with E-state index in [0.717, 1.165) is 21.3 Å². The largest absolute Gasteiger partial charge is 0.437 e. The fourth-order valence-electron chi connectivity index (χ4n) is 1.64. The second-order valence-corrected chi connectivity index (χ2v) is 5.12. The minimum absolute atomic E-state index is 0.371. The lowest BCUT2D eigenvalue weighted by Crippen LogP contribution is -1.98. The van der Waals surface area contributed by atoms with Crippen LogP contribution in [0.15, 0.2) is 29.0 Å². The fourth-order valence-corrected chi connectivity index (χ4v) is 2.30. The number of hydrogen-bond donors (Lipinski definition) is 0. The summed E-state index contributed by atoms with van der Waals surface area (Å²) in [4.78, 5) is 8.43. The molecule has 2 aromatic heterocycles. The van der Waals surface area contributed by atoms with E-state index in [9.17, 15) is 0 Å². The van der Waals surface area contributed by atoms with Crippen LogP contribution in [0.1, 0.15) is 16.8 Å². The van der Waals surface area contributed by atoms with Crippen LogP contribution in [-0.2, 0) is 5.88 Å². The van der Waals surface area contributed by atoms with Crippen molar-refractivity contribution < 1.29 is 4.74 Å². The van der Waals surface area contributed by atoms with Crippen LogP contribution >= 0.6 is 27.5 Å². The Balaban J connectivity index is 2.39. The molecule has 18 heavy (non-hydrogen) atoms. The third-order valence-corrected chi connectivity index (χ3v) is 3.17. The monoisotopic (exact) mass is 326 g/mol. The summed E-state index contributed by atoms with van der Waals surface area (Å²) in [5, 5.41) is 0. The molecule has 0 aliphatic rings. The zero-order valence-corrected chi connectivity index (χ0v) is 12.4. The Morgan fingerprint density at radius 1 is 1.28 bits per heavy atom. The highest BCUT2D eigenvalue weighted by molar-refractivity contribution is 9.10. The van der Waals surface area contributed by atoms with Crippen molar-refractivity contribution in [3.05, 3.63) is 45.8 Å². The summed E-state index contributed by atoms with van der Waals surface area (Å²) in [5.74, 6) is 1.55. The molecule has 0 saturated heterocycles. The van der Waals surface area contributed by atoms with Gasteiger partial charge in [0.05, 0.1) is 12.1 Å². The summed E-state index contributed by atoms with van der Waals surface area (Å²) < 4.78 is 6.61. The van der Waals surface area contributed by atoms with Crippen LogP contribution in [0, 0.1) is 13.8 Å². The highest BCUT2D eigenvalue weighted by Gasteiger charge is 2.10. The molecule has 0 aromatic carbocycles. The van der Waals surface area contributed by atoms with E-state index in [1.165, 1.54) is 0 Å². The normalized spacial score (nSPS) is 10.4. The SMILES string of the molecule is Cc1cc(C)c(CCl)c(Oc2cncc(Br)c2)n1. The second-order valence-electron chi connectivity index (χ2n) is 3.94. The molecule has 0 radical (unpaired) electrons. The minimum atomic E-state index is 0.371. The van der Waals surface area contributed by atoms with Crippen molar-refractivity contribution in [2.24, 2.45) is 0 Å². The summed E-state index contributed by atoms with van der Waals surface area (Å²) >= 11 is 9.29. The average molecular weight is 328 g/mol. The molecule has 0 bridgehead atoms. The van der Waals surface area contributed by atoms with E-state index in [2.05, 4.69) is 25.9 Å². The predicted molar refractivity (Wildman–Crippen MR) is 75.3 cm³/mol. The second kappa shape index (κ2) is 5.67. The molecule has 0 spiro atoms. The topological polar surface area (TPSA) is 35.0 Å². The van der Waals surface area contributed by atoms with Gasteiger partial charge in [-0.05, 0) is 47.5 Å². The summed E-state index contributed by atoms with van der Waals surface area (Å²) in [6.07, 6.45) is 3.34. The molecule has 0 unspecified atom stereocenters. The van der Waals surface area contributed by atoms with Gasteiger partial charge < -0.3 is 4.74 Å². The van der Waals surface area contributed by atoms with Gasteiger partial charge in [0.15, 0.2) is 0 Å². The molecule has 0 fully saturated rings. The lowest BCUT2D eigenvalue weighted by molar-refractivity contribution is 0.454. The molecular formula is C13H12BrClN2O. The Labute approximate surface area is 119 Å². The van der Waals surface area contributed by atoms with Crippen LogP contribution in [-0.4, -0.2) is 9.97 Å². The van der Waals surface area contributed by atoms with Gasteiger partial charge in [-0.15, -0.1) is 11.6 Å². The Morgan fingerprint density at radius 3 is 2.72 bits per heavy atom. The van der Waals surface area contributed by atoms with Crippen LogP contribution in [0.5, 0.6) is 11.6 Å². The molecule has 0 aliphatic heterocycles. The molecule has 5 heteroatoms. The smallest absolute Gasteiger partial charge is 0.224 e. The number of halogens is 2. The molecule has 0 amide bonds. The first-order chi connectivity index (χ1) is 8.60. The third kappa shape index (κ3) is 3.00. The number of aromatic nitrogens is 2. The molecule has 94 valence electrons. The van der Waals surface area contributed by atoms with Gasteiger partial charge >= 0.3 is 0 Å². The predicted octanol–water partition coefficient (Wildman–Crippen LogP) is 4.39. The van der Waals surface area contributed by atoms with Gasteiger partial charge in [-0.3, -0.25) is 4.98 Å². The van der Waals surface area contributed by atoms with Crippen LogP contribution in [0.2, 0.25) is 0 Å². The maximum atomic E-state index is 5.94. The van der Waals surface area contributed by atoms with E-state index < -0.39 is 0 Å². The Morgan fingerprint density at radius 2 is 2.06 bits per heavy atom. The molecular weight excluding hydrogens is 316 g/mol. The van der Waals surface area contributed by atoms with E-state index in [1.54, 1.807) is 12.4 Å². The van der Waals surface area contributed by atoms with Crippen molar-refractivity contribution in [3.63, 3.8) is 0 Å². The lowest BCUT2D eigenvalue weighted by Gasteiger charge is -2.11. The molecule has 2 heterocycles. The maximum Gasteiger partial charge on any atom is 0.224 e. The average Bonchev–Trinajstić information content (AvgIpc) is 2.28. The van der Waals surface area contributed by atoms with Crippen molar-refractivity contribution >= 4 is 27.5 Å². The Hall–Kier alpha value is -1.13. The standard InChI is InChI=1S/C13H12BrClN2O/c1-8-3-9(2)17-13(12(8)5-15)18-11-4-10(14)6-16-7-11/h3-4,6-7H,5H2,1-2H3. The number of aryl methyl sites for hydroxylation is 2. The Bertz CT molecular complexity index is 575. The molecule has 3 nitrogen and oxygen atoms in total. The number of nitrogens with zero attached hydrogens (tertiary/aromatic N) is 2. The van der Waals surface area contributed by atoms with Gasteiger partial charge in [-0.1, -0.05) is 0 Å². The summed E-state index contributed by atoms with van der Waals surface area (Å²) in [6, 6.07) is 3.83. The van der Waals surface area contributed by atoms with Crippen molar-refractivity contribution in [3.8, 4) is 11.6 Å². The van der Waals surface area contributed by atoms with Gasteiger partial charge in [0, 0.05) is 21.9 Å².